The monoisotopic (exact) mass is 158 g/mol. The van der Waals surface area contributed by atoms with Gasteiger partial charge in [0.15, 0.2) is 0 Å². The normalized spacial score (nSPS) is 14.0. The average molecular weight is 158 g/mol. The van der Waals surface area contributed by atoms with Gasteiger partial charge in [-0.15, -0.1) is 0 Å². The molecular formula is C8H18N2O. The average Bonchev–Trinajstić information content (AvgIpc) is 1.84. The number of carbonyl (C=O) groups excluding carboxylic acids is 1. The molecule has 1 atom stereocenters. The van der Waals surface area contributed by atoms with E-state index in [1.54, 1.807) is 0 Å². The van der Waals surface area contributed by atoms with E-state index in [0.717, 1.165) is 6.54 Å². The largest absolute Gasteiger partial charge is 0.368 e. The van der Waals surface area contributed by atoms with Crippen LogP contribution in [0.2, 0.25) is 0 Å². The van der Waals surface area contributed by atoms with Crippen molar-refractivity contribution in [3.8, 4) is 0 Å². The zero-order chi connectivity index (χ0) is 9.02. The topological polar surface area (TPSA) is 46.3 Å². The minimum absolute atomic E-state index is 0.155. The van der Waals surface area contributed by atoms with Gasteiger partial charge in [-0.1, -0.05) is 13.8 Å². The van der Waals surface area contributed by atoms with E-state index >= 15 is 0 Å². The summed E-state index contributed by atoms with van der Waals surface area (Å²) in [5.41, 5.74) is 5.13. The van der Waals surface area contributed by atoms with Crippen LogP contribution in [0.1, 0.15) is 20.8 Å². The molecular weight excluding hydrogens is 140 g/mol. The number of carbonyl (C=O) groups is 1. The molecule has 0 saturated heterocycles. The highest BCUT2D eigenvalue weighted by atomic mass is 16.1. The van der Waals surface area contributed by atoms with Gasteiger partial charge in [-0.3, -0.25) is 9.69 Å². The zero-order valence-electron chi connectivity index (χ0n) is 7.79. The van der Waals surface area contributed by atoms with Crippen molar-refractivity contribution in [2.45, 2.75) is 26.8 Å². The summed E-state index contributed by atoms with van der Waals surface area (Å²) in [7, 11) is 1.91. The van der Waals surface area contributed by atoms with Crippen molar-refractivity contribution in [3.05, 3.63) is 0 Å². The first-order valence-electron chi connectivity index (χ1n) is 3.94. The van der Waals surface area contributed by atoms with Crippen LogP contribution in [-0.4, -0.2) is 30.4 Å². The molecule has 0 aromatic rings. The van der Waals surface area contributed by atoms with Crippen LogP contribution >= 0.6 is 0 Å². The fourth-order valence-electron chi connectivity index (χ4n) is 0.951. The lowest BCUT2D eigenvalue weighted by molar-refractivity contribution is -0.122. The molecule has 0 aliphatic rings. The fourth-order valence-corrected chi connectivity index (χ4v) is 0.951. The molecule has 1 amide bonds. The molecule has 0 heterocycles. The SMILES string of the molecule is CC(C)CN(C)[C@H](C)C(N)=O. The second kappa shape index (κ2) is 4.34. The van der Waals surface area contributed by atoms with E-state index in [9.17, 15) is 4.79 Å². The van der Waals surface area contributed by atoms with E-state index < -0.39 is 0 Å². The Morgan fingerprint density at radius 1 is 1.45 bits per heavy atom. The van der Waals surface area contributed by atoms with Gasteiger partial charge < -0.3 is 5.73 Å². The van der Waals surface area contributed by atoms with Crippen molar-refractivity contribution in [2.75, 3.05) is 13.6 Å². The third kappa shape index (κ3) is 3.98. The molecule has 2 N–H and O–H groups in total. The smallest absolute Gasteiger partial charge is 0.234 e. The summed E-state index contributed by atoms with van der Waals surface area (Å²) < 4.78 is 0. The molecule has 0 saturated carbocycles. The summed E-state index contributed by atoms with van der Waals surface area (Å²) >= 11 is 0. The first kappa shape index (κ1) is 10.4. The van der Waals surface area contributed by atoms with Crippen molar-refractivity contribution < 1.29 is 4.79 Å². The van der Waals surface area contributed by atoms with Crippen LogP contribution < -0.4 is 5.73 Å². The molecule has 0 bridgehead atoms. The Balaban J connectivity index is 3.82. The molecule has 3 heteroatoms. The Hall–Kier alpha value is -0.570. The van der Waals surface area contributed by atoms with Crippen LogP contribution in [0, 0.1) is 5.92 Å². The molecule has 0 aliphatic heterocycles. The molecule has 0 aliphatic carbocycles. The second-order valence-electron chi connectivity index (χ2n) is 3.41. The van der Waals surface area contributed by atoms with Gasteiger partial charge in [-0.05, 0) is 19.9 Å². The lowest BCUT2D eigenvalue weighted by atomic mass is 10.2. The predicted molar refractivity (Wildman–Crippen MR) is 46.1 cm³/mol. The minimum atomic E-state index is -0.256. The lowest BCUT2D eigenvalue weighted by Gasteiger charge is -2.23. The van der Waals surface area contributed by atoms with Gasteiger partial charge in [-0.25, -0.2) is 0 Å². The number of nitrogens with two attached hydrogens (primary N) is 1. The molecule has 0 aromatic heterocycles. The van der Waals surface area contributed by atoms with E-state index in [0.29, 0.717) is 5.92 Å². The molecule has 0 aromatic carbocycles. The van der Waals surface area contributed by atoms with Crippen LogP contribution in [0.3, 0.4) is 0 Å². The number of rotatable bonds is 4. The van der Waals surface area contributed by atoms with Crippen LogP contribution in [0.15, 0.2) is 0 Å². The number of primary amides is 1. The van der Waals surface area contributed by atoms with Gasteiger partial charge in [0, 0.05) is 6.54 Å². The van der Waals surface area contributed by atoms with Gasteiger partial charge in [0.05, 0.1) is 6.04 Å². The van der Waals surface area contributed by atoms with Crippen molar-refractivity contribution in [1.29, 1.82) is 0 Å². The van der Waals surface area contributed by atoms with Crippen LogP contribution in [0.5, 0.6) is 0 Å². The molecule has 0 spiro atoms. The molecule has 66 valence electrons. The van der Waals surface area contributed by atoms with E-state index in [4.69, 9.17) is 5.73 Å². The molecule has 3 nitrogen and oxygen atoms in total. The summed E-state index contributed by atoms with van der Waals surface area (Å²) in [6.45, 7) is 6.96. The van der Waals surface area contributed by atoms with E-state index in [2.05, 4.69) is 13.8 Å². The minimum Gasteiger partial charge on any atom is -0.368 e. The Morgan fingerprint density at radius 3 is 2.18 bits per heavy atom. The number of amides is 1. The number of hydrogen-bond acceptors (Lipinski definition) is 2. The highest BCUT2D eigenvalue weighted by molar-refractivity contribution is 5.79. The van der Waals surface area contributed by atoms with Crippen molar-refractivity contribution >= 4 is 5.91 Å². The first-order chi connectivity index (χ1) is 4.95. The van der Waals surface area contributed by atoms with Crippen molar-refractivity contribution in [3.63, 3.8) is 0 Å². The van der Waals surface area contributed by atoms with Crippen molar-refractivity contribution in [1.82, 2.24) is 4.90 Å². The predicted octanol–water partition coefficient (Wildman–Crippen LogP) is 0.448. The molecule has 0 unspecified atom stereocenters. The number of nitrogens with zero attached hydrogens (tertiary/aromatic N) is 1. The summed E-state index contributed by atoms with van der Waals surface area (Å²) in [6, 6.07) is -0.155. The van der Waals surface area contributed by atoms with Gasteiger partial charge in [-0.2, -0.15) is 0 Å². The Kier molecular flexibility index (Phi) is 4.11. The number of likely N-dealkylation sites (N-methyl/N-ethyl adjacent to an activating group) is 1. The summed E-state index contributed by atoms with van der Waals surface area (Å²) in [5.74, 6) is 0.315. The van der Waals surface area contributed by atoms with Gasteiger partial charge in [0.2, 0.25) is 5.91 Å². The maximum atomic E-state index is 10.7. The third-order valence-corrected chi connectivity index (χ3v) is 1.73. The number of hydrogen-bond donors (Lipinski definition) is 1. The molecule has 11 heavy (non-hydrogen) atoms. The lowest BCUT2D eigenvalue weighted by Crippen LogP contribution is -2.41. The van der Waals surface area contributed by atoms with E-state index in [-0.39, 0.29) is 11.9 Å². The fraction of sp³-hybridized carbons (Fsp3) is 0.875. The second-order valence-corrected chi connectivity index (χ2v) is 3.41. The summed E-state index contributed by atoms with van der Waals surface area (Å²) in [5, 5.41) is 0. The van der Waals surface area contributed by atoms with Crippen molar-refractivity contribution in [2.24, 2.45) is 11.7 Å². The first-order valence-corrected chi connectivity index (χ1v) is 3.94. The van der Waals surface area contributed by atoms with Gasteiger partial charge in [0.1, 0.15) is 0 Å². The molecule has 0 rings (SSSR count). The Bertz CT molecular complexity index is 134. The summed E-state index contributed by atoms with van der Waals surface area (Å²) in [6.07, 6.45) is 0. The molecule has 0 fully saturated rings. The van der Waals surface area contributed by atoms with E-state index in [1.165, 1.54) is 0 Å². The quantitative estimate of drug-likeness (QED) is 0.645. The maximum Gasteiger partial charge on any atom is 0.234 e. The molecule has 0 radical (unpaired) electrons. The third-order valence-electron chi connectivity index (χ3n) is 1.73. The maximum absolute atomic E-state index is 10.7. The van der Waals surface area contributed by atoms with E-state index in [1.807, 2.05) is 18.9 Å². The van der Waals surface area contributed by atoms with Crippen LogP contribution in [0.4, 0.5) is 0 Å². The summed E-state index contributed by atoms with van der Waals surface area (Å²) in [4.78, 5) is 12.7. The zero-order valence-corrected chi connectivity index (χ0v) is 7.79. The standard InChI is InChI=1S/C8H18N2O/c1-6(2)5-10(4)7(3)8(9)11/h6-7H,5H2,1-4H3,(H2,9,11)/t7-/m1/s1. The van der Waals surface area contributed by atoms with Crippen LogP contribution in [0.25, 0.3) is 0 Å². The Labute approximate surface area is 68.6 Å². The highest BCUT2D eigenvalue weighted by Crippen LogP contribution is 2.00. The van der Waals surface area contributed by atoms with Crippen LogP contribution in [-0.2, 0) is 4.79 Å². The van der Waals surface area contributed by atoms with Gasteiger partial charge >= 0.3 is 0 Å². The highest BCUT2D eigenvalue weighted by Gasteiger charge is 2.14. The van der Waals surface area contributed by atoms with Gasteiger partial charge in [0.25, 0.3) is 0 Å². The Morgan fingerprint density at radius 2 is 1.91 bits per heavy atom.